The van der Waals surface area contributed by atoms with Gasteiger partial charge >= 0.3 is 5.97 Å². The molecule has 0 radical (unpaired) electrons. The Kier molecular flexibility index (Phi) is 6.44. The van der Waals surface area contributed by atoms with Crippen LogP contribution < -0.4 is 0 Å². The summed E-state index contributed by atoms with van der Waals surface area (Å²) in [6, 6.07) is 5.79. The molecule has 1 aromatic rings. The lowest BCUT2D eigenvalue weighted by Gasteiger charge is -2.39. The van der Waals surface area contributed by atoms with E-state index in [1.807, 2.05) is 4.90 Å². The fourth-order valence-corrected chi connectivity index (χ4v) is 3.17. The van der Waals surface area contributed by atoms with Gasteiger partial charge in [0, 0.05) is 31.3 Å². The number of carboxylic acids is 1. The predicted octanol–water partition coefficient (Wildman–Crippen LogP) is 2.20. The minimum atomic E-state index is -1.16. The molecule has 0 saturated carbocycles. The van der Waals surface area contributed by atoms with Gasteiger partial charge in [-0.2, -0.15) is 4.91 Å². The number of methoxy groups -OCH3 is 1. The standard InChI is InChI=1S/C16H19ClN2O5/c1-24-16(22)15(11-4-2-3-5-12(11)17)19-7-6-13(18-23)10(9-19)8-14(20)21/h2-5,8,13,15-16,22H,6-7,9H2,1H3,(H,20,21)/b10-8+. The van der Waals surface area contributed by atoms with Gasteiger partial charge in [0.15, 0.2) is 6.29 Å². The van der Waals surface area contributed by atoms with Crippen LogP contribution in [-0.2, 0) is 9.53 Å². The second-order valence-electron chi connectivity index (χ2n) is 5.53. The topological polar surface area (TPSA) is 99.4 Å². The summed E-state index contributed by atoms with van der Waals surface area (Å²) >= 11 is 6.25. The Balaban J connectivity index is 2.35. The van der Waals surface area contributed by atoms with Gasteiger partial charge < -0.3 is 14.9 Å². The zero-order valence-corrected chi connectivity index (χ0v) is 13.9. The Labute approximate surface area is 144 Å². The number of piperidine rings is 1. The summed E-state index contributed by atoms with van der Waals surface area (Å²) in [5, 5.41) is 22.8. The smallest absolute Gasteiger partial charge is 0.328 e. The van der Waals surface area contributed by atoms with Crippen LogP contribution in [0.3, 0.4) is 0 Å². The SMILES string of the molecule is COC(O)C(c1ccccc1Cl)N1CCC(N=O)/C(=C/C(=O)O)C1. The zero-order chi connectivity index (χ0) is 17.7. The number of rotatable bonds is 6. The number of aliphatic carboxylic acids is 1. The Morgan fingerprint density at radius 3 is 2.79 bits per heavy atom. The molecular weight excluding hydrogens is 336 g/mol. The van der Waals surface area contributed by atoms with E-state index in [2.05, 4.69) is 5.18 Å². The zero-order valence-electron chi connectivity index (χ0n) is 13.1. The monoisotopic (exact) mass is 354 g/mol. The summed E-state index contributed by atoms with van der Waals surface area (Å²) in [7, 11) is 1.38. The highest BCUT2D eigenvalue weighted by Gasteiger charge is 2.35. The molecular formula is C16H19ClN2O5. The number of benzene rings is 1. The van der Waals surface area contributed by atoms with Crippen LogP contribution in [0.5, 0.6) is 0 Å². The van der Waals surface area contributed by atoms with Crippen LogP contribution in [0.2, 0.25) is 5.02 Å². The molecule has 2 N–H and O–H groups in total. The van der Waals surface area contributed by atoms with Crippen molar-refractivity contribution >= 4 is 17.6 Å². The summed E-state index contributed by atoms with van der Waals surface area (Å²) in [6.07, 6.45) is 0.206. The fraction of sp³-hybridized carbons (Fsp3) is 0.438. The number of hydrogen-bond donors (Lipinski definition) is 2. The normalized spacial score (nSPS) is 23.0. The number of ether oxygens (including phenoxy) is 1. The number of likely N-dealkylation sites (tertiary alicyclic amines) is 1. The number of aliphatic hydroxyl groups excluding tert-OH is 1. The van der Waals surface area contributed by atoms with Gasteiger partial charge in [0.1, 0.15) is 6.04 Å². The number of carbonyl (C=O) groups is 1. The van der Waals surface area contributed by atoms with Crippen LogP contribution in [0.4, 0.5) is 0 Å². The number of nitroso groups, excluding NO2 is 1. The summed E-state index contributed by atoms with van der Waals surface area (Å²) in [6.45, 7) is 0.628. The molecule has 24 heavy (non-hydrogen) atoms. The second-order valence-corrected chi connectivity index (χ2v) is 5.94. The molecule has 8 heteroatoms. The molecule has 1 aliphatic heterocycles. The van der Waals surface area contributed by atoms with E-state index in [0.29, 0.717) is 29.1 Å². The van der Waals surface area contributed by atoms with Crippen molar-refractivity contribution in [2.24, 2.45) is 5.18 Å². The Morgan fingerprint density at radius 1 is 1.50 bits per heavy atom. The molecule has 3 atom stereocenters. The molecule has 1 aromatic carbocycles. The van der Waals surface area contributed by atoms with Crippen molar-refractivity contribution in [3.8, 4) is 0 Å². The van der Waals surface area contributed by atoms with Gasteiger partial charge in [0.2, 0.25) is 0 Å². The van der Waals surface area contributed by atoms with Crippen molar-refractivity contribution in [2.75, 3.05) is 20.2 Å². The number of halogens is 1. The fourth-order valence-electron chi connectivity index (χ4n) is 2.93. The molecule has 0 aliphatic carbocycles. The second kappa shape index (κ2) is 8.34. The average Bonchev–Trinajstić information content (AvgIpc) is 2.56. The van der Waals surface area contributed by atoms with E-state index < -0.39 is 24.3 Å². The first-order valence-corrected chi connectivity index (χ1v) is 7.81. The molecule has 1 aliphatic rings. The Bertz CT molecular complexity index is 637. The number of hydrogen-bond acceptors (Lipinski definition) is 6. The largest absolute Gasteiger partial charge is 0.478 e. The molecule has 0 bridgehead atoms. The third-order valence-corrected chi connectivity index (χ3v) is 4.41. The van der Waals surface area contributed by atoms with Crippen LogP contribution in [0.25, 0.3) is 0 Å². The van der Waals surface area contributed by atoms with Gasteiger partial charge in [-0.1, -0.05) is 35.0 Å². The van der Waals surface area contributed by atoms with E-state index >= 15 is 0 Å². The first kappa shape index (κ1) is 18.5. The van der Waals surface area contributed by atoms with Crippen LogP contribution >= 0.6 is 11.6 Å². The minimum Gasteiger partial charge on any atom is -0.478 e. The summed E-state index contributed by atoms with van der Waals surface area (Å²) in [4.78, 5) is 23.8. The Morgan fingerprint density at radius 2 is 2.21 bits per heavy atom. The summed E-state index contributed by atoms with van der Waals surface area (Å²) in [5.74, 6) is -1.14. The Hall–Kier alpha value is -1.80. The molecule has 0 aromatic heterocycles. The quantitative estimate of drug-likeness (QED) is 0.461. The van der Waals surface area contributed by atoms with Crippen molar-refractivity contribution in [3.05, 3.63) is 51.4 Å². The lowest BCUT2D eigenvalue weighted by Crippen LogP contribution is -2.44. The number of carboxylic acid groups (broad SMARTS) is 1. The van der Waals surface area contributed by atoms with Gasteiger partial charge in [-0.3, -0.25) is 4.90 Å². The van der Waals surface area contributed by atoms with E-state index in [9.17, 15) is 14.8 Å². The van der Waals surface area contributed by atoms with Gasteiger partial charge in [0.25, 0.3) is 0 Å². The van der Waals surface area contributed by atoms with Crippen molar-refractivity contribution < 1.29 is 19.7 Å². The van der Waals surface area contributed by atoms with E-state index in [0.717, 1.165) is 6.08 Å². The maximum Gasteiger partial charge on any atom is 0.328 e. The molecule has 1 saturated heterocycles. The van der Waals surface area contributed by atoms with Crippen LogP contribution in [0.15, 0.2) is 41.1 Å². The average molecular weight is 355 g/mol. The van der Waals surface area contributed by atoms with Crippen molar-refractivity contribution in [1.82, 2.24) is 4.90 Å². The lowest BCUT2D eigenvalue weighted by molar-refractivity contribution is -0.131. The highest BCUT2D eigenvalue weighted by molar-refractivity contribution is 6.31. The molecule has 1 heterocycles. The molecule has 7 nitrogen and oxygen atoms in total. The van der Waals surface area contributed by atoms with E-state index in [4.69, 9.17) is 21.4 Å². The predicted molar refractivity (Wildman–Crippen MR) is 88.7 cm³/mol. The molecule has 0 spiro atoms. The van der Waals surface area contributed by atoms with E-state index in [1.54, 1.807) is 24.3 Å². The van der Waals surface area contributed by atoms with Crippen LogP contribution in [-0.4, -0.2) is 53.6 Å². The summed E-state index contributed by atoms with van der Waals surface area (Å²) < 4.78 is 5.08. The first-order valence-electron chi connectivity index (χ1n) is 7.43. The van der Waals surface area contributed by atoms with Crippen molar-refractivity contribution in [2.45, 2.75) is 24.8 Å². The van der Waals surface area contributed by atoms with Gasteiger partial charge in [-0.25, -0.2) is 4.79 Å². The molecule has 0 amide bonds. The van der Waals surface area contributed by atoms with Gasteiger partial charge in [-0.15, -0.1) is 0 Å². The van der Waals surface area contributed by atoms with E-state index in [-0.39, 0.29) is 6.54 Å². The minimum absolute atomic E-state index is 0.180. The molecule has 2 rings (SSSR count). The van der Waals surface area contributed by atoms with Gasteiger partial charge in [0.05, 0.1) is 6.04 Å². The molecule has 1 fully saturated rings. The highest BCUT2D eigenvalue weighted by atomic mass is 35.5. The third-order valence-electron chi connectivity index (χ3n) is 4.07. The maximum atomic E-state index is 11.0. The summed E-state index contributed by atoms with van der Waals surface area (Å²) in [5.41, 5.74) is 1.06. The van der Waals surface area contributed by atoms with Crippen molar-refractivity contribution in [3.63, 3.8) is 0 Å². The third kappa shape index (κ3) is 4.18. The molecule has 3 unspecified atom stereocenters. The van der Waals surface area contributed by atoms with Gasteiger partial charge in [-0.05, 0) is 23.6 Å². The van der Waals surface area contributed by atoms with Crippen LogP contribution in [0, 0.1) is 4.91 Å². The number of nitrogens with zero attached hydrogens (tertiary/aromatic N) is 2. The highest BCUT2D eigenvalue weighted by Crippen LogP contribution is 2.34. The van der Waals surface area contributed by atoms with Crippen LogP contribution in [0.1, 0.15) is 18.0 Å². The molecule has 130 valence electrons. The lowest BCUT2D eigenvalue weighted by atomic mass is 9.95. The van der Waals surface area contributed by atoms with E-state index in [1.165, 1.54) is 7.11 Å². The van der Waals surface area contributed by atoms with Crippen molar-refractivity contribution in [1.29, 1.82) is 0 Å². The number of aliphatic hydroxyl groups is 1. The maximum absolute atomic E-state index is 11.0. The first-order chi connectivity index (χ1) is 11.5.